The van der Waals surface area contributed by atoms with Crippen LogP contribution in [0.25, 0.3) is 10.9 Å². The number of nitrogens with one attached hydrogen (secondary N) is 3. The van der Waals surface area contributed by atoms with Crippen LogP contribution in [0.3, 0.4) is 0 Å². The number of anilines is 1. The van der Waals surface area contributed by atoms with Crippen molar-refractivity contribution < 1.29 is 13.2 Å². The molecule has 0 spiro atoms. The molecular weight excluding hydrogens is 350 g/mol. The van der Waals surface area contributed by atoms with Crippen molar-refractivity contribution in [2.24, 2.45) is 5.92 Å². The van der Waals surface area contributed by atoms with Gasteiger partial charge in [0.05, 0.1) is 5.25 Å². The summed E-state index contributed by atoms with van der Waals surface area (Å²) in [6.07, 6.45) is 3.83. The first-order valence-electron chi connectivity index (χ1n) is 9.12. The topological polar surface area (TPSA) is 91.1 Å². The number of amides is 1. The van der Waals surface area contributed by atoms with E-state index in [0.29, 0.717) is 19.3 Å². The Kier molecular flexibility index (Phi) is 6.83. The maximum absolute atomic E-state index is 12.6. The summed E-state index contributed by atoms with van der Waals surface area (Å²) >= 11 is 0. The lowest BCUT2D eigenvalue weighted by atomic mass is 9.97. The maximum atomic E-state index is 12.6. The smallest absolute Gasteiger partial charge is 0.227 e. The molecule has 0 radical (unpaired) electrons. The molecule has 1 aromatic heterocycles. The highest BCUT2D eigenvalue weighted by atomic mass is 32.2. The summed E-state index contributed by atoms with van der Waals surface area (Å²) in [5, 5.41) is 3.56. The van der Waals surface area contributed by atoms with Gasteiger partial charge in [0.15, 0.2) is 0 Å². The number of aromatic nitrogens is 1. The van der Waals surface area contributed by atoms with E-state index in [9.17, 15) is 13.2 Å². The molecule has 0 saturated carbocycles. The van der Waals surface area contributed by atoms with Crippen LogP contribution in [0.1, 0.15) is 47.0 Å². The maximum Gasteiger partial charge on any atom is 0.227 e. The minimum absolute atomic E-state index is 0.0266. The summed E-state index contributed by atoms with van der Waals surface area (Å²) < 4.78 is 26.5. The van der Waals surface area contributed by atoms with Crippen LogP contribution in [0.4, 0.5) is 5.69 Å². The van der Waals surface area contributed by atoms with E-state index in [0.717, 1.165) is 16.6 Å². The zero-order valence-corrected chi connectivity index (χ0v) is 16.7. The fourth-order valence-corrected chi connectivity index (χ4v) is 3.77. The van der Waals surface area contributed by atoms with Crippen LogP contribution in [-0.4, -0.2) is 30.6 Å². The van der Waals surface area contributed by atoms with Gasteiger partial charge < -0.3 is 10.3 Å². The van der Waals surface area contributed by atoms with Gasteiger partial charge >= 0.3 is 0 Å². The first-order chi connectivity index (χ1) is 12.2. The molecule has 0 aliphatic rings. The fraction of sp³-hybridized carbons (Fsp3) is 0.526. The Morgan fingerprint density at radius 3 is 2.54 bits per heavy atom. The number of aromatic amines is 1. The van der Waals surface area contributed by atoms with Crippen LogP contribution < -0.4 is 10.0 Å². The third kappa shape index (κ3) is 5.32. The number of rotatable bonds is 9. The molecule has 6 nitrogen and oxygen atoms in total. The van der Waals surface area contributed by atoms with Crippen molar-refractivity contribution in [2.45, 2.75) is 58.2 Å². The number of H-pyrrole nitrogens is 1. The SMILES string of the molecule is CCC(CCC(C)NS(=O)(=O)C(C)C)C(=O)Nc1ccc2[nH]ccc2c1. The molecule has 0 bridgehead atoms. The molecule has 0 aliphatic heterocycles. The highest BCUT2D eigenvalue weighted by molar-refractivity contribution is 7.90. The zero-order valence-electron chi connectivity index (χ0n) is 15.9. The lowest BCUT2D eigenvalue weighted by molar-refractivity contribution is -0.120. The Labute approximate surface area is 155 Å². The van der Waals surface area contributed by atoms with Crippen LogP contribution in [0.2, 0.25) is 0 Å². The summed E-state index contributed by atoms with van der Waals surface area (Å²) in [6.45, 7) is 7.12. The lowest BCUT2D eigenvalue weighted by Crippen LogP contribution is -2.38. The van der Waals surface area contributed by atoms with Crippen LogP contribution in [-0.2, 0) is 14.8 Å². The molecule has 3 N–H and O–H groups in total. The van der Waals surface area contributed by atoms with E-state index in [-0.39, 0.29) is 17.9 Å². The number of carbonyl (C=O) groups excluding carboxylic acids is 1. The highest BCUT2D eigenvalue weighted by Gasteiger charge is 2.21. The molecule has 1 heterocycles. The number of benzene rings is 1. The van der Waals surface area contributed by atoms with Gasteiger partial charge in [-0.15, -0.1) is 0 Å². The molecule has 7 heteroatoms. The van der Waals surface area contributed by atoms with Gasteiger partial charge in [0.25, 0.3) is 0 Å². The van der Waals surface area contributed by atoms with Crippen LogP contribution >= 0.6 is 0 Å². The van der Waals surface area contributed by atoms with Gasteiger partial charge in [-0.2, -0.15) is 0 Å². The molecule has 1 aromatic carbocycles. The summed E-state index contributed by atoms with van der Waals surface area (Å²) in [5.41, 5.74) is 1.80. The zero-order chi connectivity index (χ0) is 19.3. The van der Waals surface area contributed by atoms with E-state index in [4.69, 9.17) is 0 Å². The Bertz CT molecular complexity index is 843. The molecule has 2 unspecified atom stereocenters. The molecule has 1 amide bonds. The molecule has 2 aromatic rings. The van der Waals surface area contributed by atoms with Crippen molar-refractivity contribution in [3.05, 3.63) is 30.5 Å². The Hall–Kier alpha value is -1.86. The molecular formula is C19H29N3O3S. The van der Waals surface area contributed by atoms with Crippen LogP contribution in [0.5, 0.6) is 0 Å². The third-order valence-electron chi connectivity index (χ3n) is 4.62. The molecule has 26 heavy (non-hydrogen) atoms. The predicted octanol–water partition coefficient (Wildman–Crippen LogP) is 3.63. The van der Waals surface area contributed by atoms with Crippen molar-refractivity contribution in [1.29, 1.82) is 0 Å². The van der Waals surface area contributed by atoms with E-state index in [1.807, 2.05) is 44.3 Å². The molecule has 144 valence electrons. The quantitative estimate of drug-likeness (QED) is 0.621. The Balaban J connectivity index is 1.91. The summed E-state index contributed by atoms with van der Waals surface area (Å²) in [4.78, 5) is 15.7. The normalized spacial score (nSPS) is 14.5. The average molecular weight is 380 g/mol. The van der Waals surface area contributed by atoms with Crippen molar-refractivity contribution in [2.75, 3.05) is 5.32 Å². The lowest BCUT2D eigenvalue weighted by Gasteiger charge is -2.19. The summed E-state index contributed by atoms with van der Waals surface area (Å²) in [6, 6.07) is 7.53. The number of fused-ring (bicyclic) bond motifs is 1. The number of hydrogen-bond acceptors (Lipinski definition) is 3. The van der Waals surface area contributed by atoms with Gasteiger partial charge in [0.1, 0.15) is 0 Å². The van der Waals surface area contributed by atoms with E-state index in [1.165, 1.54) is 0 Å². The number of hydrogen-bond donors (Lipinski definition) is 3. The van der Waals surface area contributed by atoms with E-state index in [2.05, 4.69) is 15.0 Å². The van der Waals surface area contributed by atoms with Crippen molar-refractivity contribution in [3.8, 4) is 0 Å². The van der Waals surface area contributed by atoms with Crippen molar-refractivity contribution >= 4 is 32.5 Å². The van der Waals surface area contributed by atoms with E-state index < -0.39 is 15.3 Å². The second-order valence-corrected chi connectivity index (χ2v) is 9.33. The van der Waals surface area contributed by atoms with Gasteiger partial charge in [0.2, 0.25) is 15.9 Å². The second-order valence-electron chi connectivity index (χ2n) is 7.06. The Morgan fingerprint density at radius 2 is 1.88 bits per heavy atom. The minimum atomic E-state index is -3.29. The largest absolute Gasteiger partial charge is 0.361 e. The molecule has 0 saturated heterocycles. The monoisotopic (exact) mass is 379 g/mol. The van der Waals surface area contributed by atoms with Crippen LogP contribution in [0.15, 0.2) is 30.5 Å². The number of sulfonamides is 1. The fourth-order valence-electron chi connectivity index (χ4n) is 2.82. The van der Waals surface area contributed by atoms with Gasteiger partial charge in [-0.25, -0.2) is 13.1 Å². The first-order valence-corrected chi connectivity index (χ1v) is 10.7. The molecule has 2 rings (SSSR count). The standard InChI is InChI=1S/C19H29N3O3S/c1-5-15(7-6-14(4)22-26(24,25)13(2)3)19(23)21-17-8-9-18-16(12-17)10-11-20-18/h8-15,20,22H,5-7H2,1-4H3,(H,21,23). The summed E-state index contributed by atoms with van der Waals surface area (Å²) in [7, 11) is -3.29. The average Bonchev–Trinajstić information content (AvgIpc) is 3.02. The van der Waals surface area contributed by atoms with Gasteiger partial charge in [0, 0.05) is 34.7 Å². The molecule has 2 atom stereocenters. The predicted molar refractivity (Wildman–Crippen MR) is 107 cm³/mol. The summed E-state index contributed by atoms with van der Waals surface area (Å²) in [5.74, 6) is -0.177. The van der Waals surface area contributed by atoms with Gasteiger partial charge in [-0.3, -0.25) is 4.79 Å². The highest BCUT2D eigenvalue weighted by Crippen LogP contribution is 2.20. The van der Waals surface area contributed by atoms with Crippen molar-refractivity contribution in [1.82, 2.24) is 9.71 Å². The van der Waals surface area contributed by atoms with Crippen LogP contribution in [0, 0.1) is 5.92 Å². The number of carbonyl (C=O) groups is 1. The van der Waals surface area contributed by atoms with Crippen molar-refractivity contribution in [3.63, 3.8) is 0 Å². The second kappa shape index (κ2) is 8.68. The van der Waals surface area contributed by atoms with E-state index >= 15 is 0 Å². The molecule has 0 aliphatic carbocycles. The first kappa shape index (κ1) is 20.5. The minimum Gasteiger partial charge on any atom is -0.361 e. The molecule has 0 fully saturated rings. The Morgan fingerprint density at radius 1 is 1.15 bits per heavy atom. The van der Waals surface area contributed by atoms with Gasteiger partial charge in [-0.1, -0.05) is 6.92 Å². The van der Waals surface area contributed by atoms with Gasteiger partial charge in [-0.05, 0) is 64.3 Å². The third-order valence-corrected chi connectivity index (χ3v) is 6.59. The van der Waals surface area contributed by atoms with E-state index in [1.54, 1.807) is 13.8 Å².